The highest BCUT2D eigenvalue weighted by Gasteiger charge is 2.33. The van der Waals surface area contributed by atoms with E-state index >= 15 is 0 Å². The summed E-state index contributed by atoms with van der Waals surface area (Å²) in [5.74, 6) is 0.351. The average Bonchev–Trinajstić information content (AvgIpc) is 2.47. The van der Waals surface area contributed by atoms with Crippen molar-refractivity contribution in [2.24, 2.45) is 10.8 Å². The quantitative estimate of drug-likeness (QED) is 0.858. The molecule has 0 fully saturated rings. The Morgan fingerprint density at radius 2 is 2.04 bits per heavy atom. The number of halogens is 1. The van der Waals surface area contributed by atoms with Crippen molar-refractivity contribution < 1.29 is 4.74 Å². The molecule has 3 rings (SSSR count). The van der Waals surface area contributed by atoms with Crippen LogP contribution in [0.5, 0.6) is 0 Å². The second-order valence-electron chi connectivity index (χ2n) is 5.97. The number of aryl methyl sites for hydroxylation is 1. The fourth-order valence-corrected chi connectivity index (χ4v) is 2.62. The Balaban J connectivity index is 0.00000192. The van der Waals surface area contributed by atoms with E-state index in [-0.39, 0.29) is 12.4 Å². The molecule has 0 bridgehead atoms. The van der Waals surface area contributed by atoms with Crippen molar-refractivity contribution >= 4 is 23.8 Å². The fourth-order valence-electron chi connectivity index (χ4n) is 2.62. The summed E-state index contributed by atoms with van der Waals surface area (Å²) in [7, 11) is 0. The molecule has 2 aliphatic rings. The molecule has 23 heavy (non-hydrogen) atoms. The van der Waals surface area contributed by atoms with Gasteiger partial charge in [-0.25, -0.2) is 5.01 Å². The molecule has 2 heterocycles. The van der Waals surface area contributed by atoms with E-state index in [1.807, 2.05) is 51.1 Å². The molecule has 0 atom stereocenters. The monoisotopic (exact) mass is 330 g/mol. The number of hydrogen-bond donors (Lipinski definition) is 1. The molecule has 1 aromatic carbocycles. The van der Waals surface area contributed by atoms with E-state index < -0.39 is 5.60 Å². The van der Waals surface area contributed by atoms with E-state index in [2.05, 4.69) is 11.2 Å². The van der Waals surface area contributed by atoms with Crippen LogP contribution in [0.1, 0.15) is 19.4 Å². The van der Waals surface area contributed by atoms with Crippen molar-refractivity contribution in [3.8, 4) is 6.07 Å². The molecule has 2 N–H and O–H groups in total. The molecule has 0 unspecified atom stereocenters. The summed E-state index contributed by atoms with van der Waals surface area (Å²) in [6.45, 7) is 6.26. The third-order valence-corrected chi connectivity index (χ3v) is 3.81. The topological polar surface area (TPSA) is 74.6 Å². The van der Waals surface area contributed by atoms with Crippen LogP contribution < -0.4 is 10.7 Å². The van der Waals surface area contributed by atoms with Crippen LogP contribution >= 0.6 is 12.4 Å². The van der Waals surface area contributed by atoms with Crippen molar-refractivity contribution in [2.45, 2.75) is 26.4 Å². The molecule has 5 nitrogen and oxygen atoms in total. The highest BCUT2D eigenvalue weighted by Crippen LogP contribution is 2.33. The molecule has 0 saturated carbocycles. The van der Waals surface area contributed by atoms with Crippen LogP contribution in [0.2, 0.25) is 0 Å². The number of rotatable bonds is 1. The van der Waals surface area contributed by atoms with Gasteiger partial charge in [0, 0.05) is 5.57 Å². The number of nitrogens with two attached hydrogens (primary N) is 1. The molecule has 120 valence electrons. The first-order valence-electron chi connectivity index (χ1n) is 7.13. The summed E-state index contributed by atoms with van der Waals surface area (Å²) in [6, 6.07) is 10.0. The van der Waals surface area contributed by atoms with Gasteiger partial charge in [0.2, 0.25) is 0 Å². The van der Waals surface area contributed by atoms with Gasteiger partial charge in [0.1, 0.15) is 17.5 Å². The Morgan fingerprint density at radius 3 is 2.70 bits per heavy atom. The van der Waals surface area contributed by atoms with E-state index in [0.29, 0.717) is 18.0 Å². The SMILES string of the molecule is Cc1ccccc1N1N=C2COC(C)(C)C=C2C(C#N)=C1N.Cl. The summed E-state index contributed by atoms with van der Waals surface area (Å²) in [5.41, 5.74) is 9.66. The summed E-state index contributed by atoms with van der Waals surface area (Å²) in [4.78, 5) is 0. The van der Waals surface area contributed by atoms with Gasteiger partial charge in [-0.05, 0) is 38.5 Å². The number of nitriles is 1. The smallest absolute Gasteiger partial charge is 0.144 e. The van der Waals surface area contributed by atoms with Crippen molar-refractivity contribution in [1.29, 1.82) is 5.26 Å². The summed E-state index contributed by atoms with van der Waals surface area (Å²) < 4.78 is 5.77. The number of benzene rings is 1. The van der Waals surface area contributed by atoms with E-state index in [1.54, 1.807) is 5.01 Å². The number of para-hydroxylation sites is 1. The summed E-state index contributed by atoms with van der Waals surface area (Å²) >= 11 is 0. The molecule has 0 spiro atoms. The summed E-state index contributed by atoms with van der Waals surface area (Å²) in [6.07, 6.45) is 1.91. The lowest BCUT2D eigenvalue weighted by Gasteiger charge is -2.34. The van der Waals surface area contributed by atoms with Crippen LogP contribution in [0.4, 0.5) is 5.69 Å². The zero-order valence-electron chi connectivity index (χ0n) is 13.3. The second-order valence-corrected chi connectivity index (χ2v) is 5.97. The number of hydrogen-bond acceptors (Lipinski definition) is 5. The van der Waals surface area contributed by atoms with E-state index in [4.69, 9.17) is 10.5 Å². The molecule has 0 saturated heterocycles. The molecule has 0 radical (unpaired) electrons. The molecular formula is C17H19ClN4O. The Kier molecular flexibility index (Phi) is 4.51. The van der Waals surface area contributed by atoms with Gasteiger partial charge < -0.3 is 10.5 Å². The van der Waals surface area contributed by atoms with Gasteiger partial charge in [0.05, 0.1) is 23.6 Å². The lowest BCUT2D eigenvalue weighted by atomic mass is 9.92. The lowest BCUT2D eigenvalue weighted by Crippen LogP contribution is -2.39. The average molecular weight is 331 g/mol. The predicted octanol–water partition coefficient (Wildman–Crippen LogP) is 3.02. The first kappa shape index (κ1) is 17.1. The van der Waals surface area contributed by atoms with Crippen molar-refractivity contribution in [1.82, 2.24) is 0 Å². The Bertz CT molecular complexity index is 771. The molecule has 6 heteroatoms. The van der Waals surface area contributed by atoms with Gasteiger partial charge in [-0.15, -0.1) is 12.4 Å². The lowest BCUT2D eigenvalue weighted by molar-refractivity contribution is 0.0409. The van der Waals surface area contributed by atoms with Gasteiger partial charge in [-0.1, -0.05) is 18.2 Å². The van der Waals surface area contributed by atoms with Crippen LogP contribution in [0.3, 0.4) is 0 Å². The van der Waals surface area contributed by atoms with E-state index in [9.17, 15) is 5.26 Å². The minimum Gasteiger partial charge on any atom is -0.383 e. The zero-order chi connectivity index (χ0) is 15.9. The van der Waals surface area contributed by atoms with Crippen LogP contribution in [0.25, 0.3) is 0 Å². The number of allylic oxidation sites excluding steroid dienone is 1. The molecule has 0 amide bonds. The van der Waals surface area contributed by atoms with Gasteiger partial charge >= 0.3 is 0 Å². The Labute approximate surface area is 142 Å². The molecule has 0 aromatic heterocycles. The largest absolute Gasteiger partial charge is 0.383 e. The third-order valence-electron chi connectivity index (χ3n) is 3.81. The summed E-state index contributed by atoms with van der Waals surface area (Å²) in [5, 5.41) is 15.8. The second kappa shape index (κ2) is 6.07. The van der Waals surface area contributed by atoms with Gasteiger partial charge in [-0.3, -0.25) is 0 Å². The van der Waals surface area contributed by atoms with Gasteiger partial charge in [-0.2, -0.15) is 10.4 Å². The van der Waals surface area contributed by atoms with Gasteiger partial charge in [0.25, 0.3) is 0 Å². The van der Waals surface area contributed by atoms with Gasteiger partial charge in [0.15, 0.2) is 0 Å². The third kappa shape index (κ3) is 2.96. The number of hydrazone groups is 1. The number of ether oxygens (including phenoxy) is 1. The van der Waals surface area contributed by atoms with Crippen LogP contribution in [0.15, 0.2) is 52.4 Å². The highest BCUT2D eigenvalue weighted by atomic mass is 35.5. The van der Waals surface area contributed by atoms with Crippen molar-refractivity contribution in [3.63, 3.8) is 0 Å². The number of anilines is 1. The maximum atomic E-state index is 9.55. The van der Waals surface area contributed by atoms with Crippen molar-refractivity contribution in [3.05, 3.63) is 52.9 Å². The minimum absolute atomic E-state index is 0. The Hall–Kier alpha value is -2.29. The highest BCUT2D eigenvalue weighted by molar-refractivity contribution is 6.08. The maximum absolute atomic E-state index is 9.55. The molecule has 0 aliphatic carbocycles. The van der Waals surface area contributed by atoms with E-state index in [1.165, 1.54) is 0 Å². The van der Waals surface area contributed by atoms with Crippen molar-refractivity contribution in [2.75, 3.05) is 11.6 Å². The standard InChI is InChI=1S/C17H18N4O.ClH/c1-11-6-4-5-7-15(11)21-16(19)13(9-18)12-8-17(2,3)22-10-14(12)20-21;/h4-8H,10,19H2,1-3H3;1H. The number of nitrogens with zero attached hydrogens (tertiary/aromatic N) is 3. The zero-order valence-corrected chi connectivity index (χ0v) is 14.1. The normalized spacial score (nSPS) is 19.1. The Morgan fingerprint density at radius 1 is 1.35 bits per heavy atom. The van der Waals surface area contributed by atoms with Crippen LogP contribution in [-0.4, -0.2) is 17.9 Å². The van der Waals surface area contributed by atoms with Crippen LogP contribution in [0, 0.1) is 18.3 Å². The predicted molar refractivity (Wildman–Crippen MR) is 93.3 cm³/mol. The molecular weight excluding hydrogens is 312 g/mol. The maximum Gasteiger partial charge on any atom is 0.144 e. The van der Waals surface area contributed by atoms with Crippen LogP contribution in [-0.2, 0) is 4.74 Å². The molecule has 2 aliphatic heterocycles. The molecule has 1 aromatic rings. The minimum atomic E-state index is -0.429. The number of fused-ring (bicyclic) bond motifs is 1. The van der Waals surface area contributed by atoms with E-state index in [0.717, 1.165) is 22.5 Å². The first-order chi connectivity index (χ1) is 10.4. The fraction of sp³-hybridized carbons (Fsp3) is 0.294. The first-order valence-corrected chi connectivity index (χ1v) is 7.13.